The van der Waals surface area contributed by atoms with Crippen molar-refractivity contribution in [1.29, 1.82) is 0 Å². The highest BCUT2D eigenvalue weighted by Crippen LogP contribution is 2.30. The molecule has 2 heterocycles. The predicted octanol–water partition coefficient (Wildman–Crippen LogP) is 1.63. The van der Waals surface area contributed by atoms with Gasteiger partial charge in [-0.15, -0.1) is 0 Å². The topological polar surface area (TPSA) is 18.5 Å². The van der Waals surface area contributed by atoms with Gasteiger partial charge in [0.15, 0.2) is 0 Å². The molecule has 0 spiro atoms. The zero-order chi connectivity index (χ0) is 7.68. The minimum atomic E-state index is 0.315. The number of hydrogen-bond acceptors (Lipinski definition) is 2. The Morgan fingerprint density at radius 1 is 1.45 bits per heavy atom. The molecule has 2 heteroatoms. The normalized spacial score (nSPS) is 34.1. The predicted molar refractivity (Wildman–Crippen MR) is 42.1 cm³/mol. The van der Waals surface area contributed by atoms with Crippen molar-refractivity contribution in [2.75, 3.05) is 7.11 Å². The van der Waals surface area contributed by atoms with Gasteiger partial charge in [-0.05, 0) is 5.57 Å². The summed E-state index contributed by atoms with van der Waals surface area (Å²) in [6.45, 7) is 0. The Balaban J connectivity index is 2.06. The highest BCUT2D eigenvalue weighted by Gasteiger charge is 2.26. The number of ether oxygens (including phenoxy) is 2. The van der Waals surface area contributed by atoms with Gasteiger partial charge >= 0.3 is 0 Å². The Labute approximate surface area is 66.5 Å². The van der Waals surface area contributed by atoms with Gasteiger partial charge in [0.05, 0.1) is 25.6 Å². The first-order valence-electron chi connectivity index (χ1n) is 3.93. The van der Waals surface area contributed by atoms with E-state index in [0.29, 0.717) is 12.2 Å². The smallest absolute Gasteiger partial charge is 0.0818 e. The molecule has 2 aliphatic rings. The average Bonchev–Trinajstić information content (AvgIpc) is 2.32. The zero-order valence-corrected chi connectivity index (χ0v) is 6.62. The molecule has 2 atom stereocenters. The van der Waals surface area contributed by atoms with Crippen LogP contribution in [0.2, 0.25) is 0 Å². The van der Waals surface area contributed by atoms with Crippen LogP contribution in [0.15, 0.2) is 24.0 Å². The molecule has 2 aliphatic heterocycles. The van der Waals surface area contributed by atoms with Crippen LogP contribution in [0.4, 0.5) is 0 Å². The van der Waals surface area contributed by atoms with E-state index in [1.54, 1.807) is 7.11 Å². The van der Waals surface area contributed by atoms with E-state index in [1.165, 1.54) is 5.57 Å². The molecule has 2 unspecified atom stereocenters. The van der Waals surface area contributed by atoms with Crippen molar-refractivity contribution in [3.05, 3.63) is 24.0 Å². The Kier molecular flexibility index (Phi) is 1.70. The van der Waals surface area contributed by atoms with Crippen molar-refractivity contribution in [1.82, 2.24) is 0 Å². The van der Waals surface area contributed by atoms with Gasteiger partial charge in [-0.1, -0.05) is 12.2 Å². The van der Waals surface area contributed by atoms with Gasteiger partial charge in [0.1, 0.15) is 0 Å². The Morgan fingerprint density at radius 2 is 2.09 bits per heavy atom. The molecule has 0 N–H and O–H groups in total. The summed E-state index contributed by atoms with van der Waals surface area (Å²) < 4.78 is 10.5. The number of hydrogen-bond donors (Lipinski definition) is 0. The van der Waals surface area contributed by atoms with Crippen LogP contribution < -0.4 is 0 Å². The third-order valence-electron chi connectivity index (χ3n) is 2.10. The maximum Gasteiger partial charge on any atom is 0.0818 e. The van der Waals surface area contributed by atoms with Crippen LogP contribution in [0.1, 0.15) is 12.8 Å². The van der Waals surface area contributed by atoms with Crippen molar-refractivity contribution in [3.63, 3.8) is 0 Å². The lowest BCUT2D eigenvalue weighted by Crippen LogP contribution is -2.20. The van der Waals surface area contributed by atoms with Crippen LogP contribution in [0.3, 0.4) is 0 Å². The van der Waals surface area contributed by atoms with Gasteiger partial charge in [0.25, 0.3) is 0 Å². The summed E-state index contributed by atoms with van der Waals surface area (Å²) in [7, 11) is 1.69. The van der Waals surface area contributed by atoms with Crippen LogP contribution in [0, 0.1) is 0 Å². The molecule has 2 nitrogen and oxygen atoms in total. The van der Waals surface area contributed by atoms with E-state index in [4.69, 9.17) is 9.47 Å². The summed E-state index contributed by atoms with van der Waals surface area (Å²) in [5.74, 6) is 0. The van der Waals surface area contributed by atoms with Gasteiger partial charge in [-0.25, -0.2) is 0 Å². The molecule has 0 amide bonds. The highest BCUT2D eigenvalue weighted by molar-refractivity contribution is 5.17. The van der Waals surface area contributed by atoms with Crippen LogP contribution in [-0.4, -0.2) is 19.3 Å². The van der Waals surface area contributed by atoms with Gasteiger partial charge < -0.3 is 9.47 Å². The lowest BCUT2D eigenvalue weighted by Gasteiger charge is -2.22. The van der Waals surface area contributed by atoms with Crippen molar-refractivity contribution >= 4 is 0 Å². The quantitative estimate of drug-likeness (QED) is 0.420. The molecule has 2 bridgehead atoms. The summed E-state index contributed by atoms with van der Waals surface area (Å²) in [5.41, 5.74) is 1.36. The second kappa shape index (κ2) is 2.70. The van der Waals surface area contributed by atoms with Crippen LogP contribution in [-0.2, 0) is 9.47 Å². The summed E-state index contributed by atoms with van der Waals surface area (Å²) in [4.78, 5) is 0. The Bertz CT molecular complexity index is 190. The molecule has 2 rings (SSSR count). The highest BCUT2D eigenvalue weighted by atomic mass is 16.5. The lowest BCUT2D eigenvalue weighted by atomic mass is 10.0. The summed E-state index contributed by atoms with van der Waals surface area (Å²) in [6.07, 6.45) is 8.75. The van der Waals surface area contributed by atoms with E-state index >= 15 is 0 Å². The van der Waals surface area contributed by atoms with Crippen LogP contribution in [0.25, 0.3) is 0 Å². The molecule has 0 aliphatic carbocycles. The molecule has 0 saturated carbocycles. The van der Waals surface area contributed by atoms with E-state index < -0.39 is 0 Å². The fourth-order valence-corrected chi connectivity index (χ4v) is 1.66. The Morgan fingerprint density at radius 3 is 2.64 bits per heavy atom. The number of rotatable bonds is 1. The van der Waals surface area contributed by atoms with Crippen molar-refractivity contribution in [3.8, 4) is 0 Å². The monoisotopic (exact) mass is 152 g/mol. The minimum Gasteiger partial charge on any atom is -0.504 e. The third-order valence-corrected chi connectivity index (χ3v) is 2.10. The zero-order valence-electron chi connectivity index (χ0n) is 6.62. The van der Waals surface area contributed by atoms with E-state index in [0.717, 1.165) is 12.8 Å². The molecular weight excluding hydrogens is 140 g/mol. The van der Waals surface area contributed by atoms with Gasteiger partial charge in [0.2, 0.25) is 0 Å². The minimum absolute atomic E-state index is 0.315. The second-order valence-electron chi connectivity index (χ2n) is 3.02. The first-order chi connectivity index (χ1) is 5.38. The van der Waals surface area contributed by atoms with Crippen LogP contribution >= 0.6 is 0 Å². The van der Waals surface area contributed by atoms with E-state index in [1.807, 2.05) is 6.26 Å². The lowest BCUT2D eigenvalue weighted by molar-refractivity contribution is 0.0395. The average molecular weight is 152 g/mol. The van der Waals surface area contributed by atoms with Gasteiger partial charge in [0, 0.05) is 12.8 Å². The van der Waals surface area contributed by atoms with Crippen molar-refractivity contribution < 1.29 is 9.47 Å². The maximum absolute atomic E-state index is 5.57. The number of methoxy groups -OCH3 is 1. The standard InChI is InChI=1S/C9H12O2/c1-10-6-7-4-8-2-3-9(5-7)11-8/h2-3,6,8-9H,4-5H2,1H3. The summed E-state index contributed by atoms with van der Waals surface area (Å²) in [6, 6.07) is 0. The van der Waals surface area contributed by atoms with E-state index in [-0.39, 0.29) is 0 Å². The molecule has 0 aromatic rings. The second-order valence-corrected chi connectivity index (χ2v) is 3.02. The molecule has 1 fully saturated rings. The van der Waals surface area contributed by atoms with E-state index in [9.17, 15) is 0 Å². The first-order valence-corrected chi connectivity index (χ1v) is 3.93. The van der Waals surface area contributed by atoms with E-state index in [2.05, 4.69) is 12.2 Å². The van der Waals surface area contributed by atoms with Crippen molar-refractivity contribution in [2.45, 2.75) is 25.0 Å². The molecule has 11 heavy (non-hydrogen) atoms. The fourth-order valence-electron chi connectivity index (χ4n) is 1.66. The summed E-state index contributed by atoms with van der Waals surface area (Å²) in [5, 5.41) is 0. The van der Waals surface area contributed by atoms with Gasteiger partial charge in [-0.2, -0.15) is 0 Å². The van der Waals surface area contributed by atoms with Gasteiger partial charge in [-0.3, -0.25) is 0 Å². The molecular formula is C9H12O2. The SMILES string of the molecule is COC=C1CC2C=CC(C1)O2. The number of fused-ring (bicyclic) bond motifs is 2. The fraction of sp³-hybridized carbons (Fsp3) is 0.556. The molecule has 1 saturated heterocycles. The Hall–Kier alpha value is -0.760. The maximum atomic E-state index is 5.57. The molecule has 0 aromatic carbocycles. The first kappa shape index (κ1) is 6.92. The molecule has 60 valence electrons. The molecule has 0 radical (unpaired) electrons. The third kappa shape index (κ3) is 1.31. The largest absolute Gasteiger partial charge is 0.504 e. The van der Waals surface area contributed by atoms with Crippen molar-refractivity contribution in [2.24, 2.45) is 0 Å². The molecule has 0 aromatic heterocycles. The van der Waals surface area contributed by atoms with Crippen LogP contribution in [0.5, 0.6) is 0 Å². The summed E-state index contributed by atoms with van der Waals surface area (Å²) >= 11 is 0.